The summed E-state index contributed by atoms with van der Waals surface area (Å²) >= 11 is 0. The van der Waals surface area contributed by atoms with Gasteiger partial charge in [0.05, 0.1) is 23.3 Å². The summed E-state index contributed by atoms with van der Waals surface area (Å²) in [4.78, 5) is 13.1. The van der Waals surface area contributed by atoms with E-state index in [2.05, 4.69) is 17.0 Å². The van der Waals surface area contributed by atoms with E-state index < -0.39 is 10.0 Å². The van der Waals surface area contributed by atoms with Crippen LogP contribution in [0.2, 0.25) is 0 Å². The first-order chi connectivity index (χ1) is 13.8. The first-order valence-corrected chi connectivity index (χ1v) is 11.3. The lowest BCUT2D eigenvalue weighted by Gasteiger charge is -2.27. The third kappa shape index (κ3) is 5.29. The van der Waals surface area contributed by atoms with Crippen molar-refractivity contribution in [2.24, 2.45) is 5.92 Å². The van der Waals surface area contributed by atoms with Crippen LogP contribution in [0.25, 0.3) is 0 Å². The van der Waals surface area contributed by atoms with Crippen LogP contribution in [-0.2, 0) is 10.0 Å². The lowest BCUT2D eigenvalue weighted by molar-refractivity contribution is 0.0923. The molecule has 0 saturated heterocycles. The fraction of sp³-hybridized carbons (Fsp3) is 0.409. The van der Waals surface area contributed by atoms with E-state index in [1.165, 1.54) is 7.11 Å². The molecule has 0 bridgehead atoms. The predicted octanol–water partition coefficient (Wildman–Crippen LogP) is 4.11. The third-order valence-corrected chi connectivity index (χ3v) is 6.78. The number of ether oxygens (including phenoxy) is 1. The molecule has 0 aromatic heterocycles. The maximum atomic E-state index is 12.9. The van der Waals surface area contributed by atoms with Crippen LogP contribution in [0.5, 0.6) is 5.75 Å². The number of hydrogen-bond acceptors (Lipinski definition) is 4. The standard InChI is InChI=1S/C22H28N2O4S/c1-15-4-8-17(9-5-15)23-22(25)20-14-18(28-3)10-13-21(20)24-29(26,27)19-11-6-16(2)7-12-19/h6-7,10-15,17,24H,4-5,8-9H2,1-3H3,(H,23,25). The zero-order valence-electron chi connectivity index (χ0n) is 17.1. The van der Waals surface area contributed by atoms with E-state index in [1.54, 1.807) is 42.5 Å². The average Bonchev–Trinajstić information content (AvgIpc) is 2.70. The third-order valence-electron chi connectivity index (χ3n) is 5.40. The number of methoxy groups -OCH3 is 1. The molecule has 1 fully saturated rings. The van der Waals surface area contributed by atoms with Crippen molar-refractivity contribution in [3.63, 3.8) is 0 Å². The van der Waals surface area contributed by atoms with Crippen LogP contribution in [0.15, 0.2) is 47.4 Å². The van der Waals surface area contributed by atoms with Crippen molar-refractivity contribution in [3.8, 4) is 5.75 Å². The minimum absolute atomic E-state index is 0.103. The Hall–Kier alpha value is -2.54. The van der Waals surface area contributed by atoms with Gasteiger partial charge in [0.15, 0.2) is 0 Å². The normalized spacial score (nSPS) is 19.4. The van der Waals surface area contributed by atoms with Crippen molar-refractivity contribution < 1.29 is 17.9 Å². The number of amides is 1. The Morgan fingerprint density at radius 2 is 1.69 bits per heavy atom. The Morgan fingerprint density at radius 1 is 1.03 bits per heavy atom. The van der Waals surface area contributed by atoms with Gasteiger partial charge in [0.2, 0.25) is 0 Å². The summed E-state index contributed by atoms with van der Waals surface area (Å²) in [5, 5.41) is 3.05. The second-order valence-electron chi connectivity index (χ2n) is 7.76. The van der Waals surface area contributed by atoms with E-state index in [0.29, 0.717) is 11.7 Å². The Bertz CT molecular complexity index is 963. The summed E-state index contributed by atoms with van der Waals surface area (Å²) < 4.78 is 33.4. The lowest BCUT2D eigenvalue weighted by atomic mass is 9.87. The molecular weight excluding hydrogens is 388 g/mol. The van der Waals surface area contributed by atoms with Crippen molar-refractivity contribution in [1.82, 2.24) is 5.32 Å². The van der Waals surface area contributed by atoms with Gasteiger partial charge in [0, 0.05) is 6.04 Å². The number of benzene rings is 2. The smallest absolute Gasteiger partial charge is 0.261 e. The van der Waals surface area contributed by atoms with Crippen LogP contribution in [-0.4, -0.2) is 27.5 Å². The minimum Gasteiger partial charge on any atom is -0.497 e. The van der Waals surface area contributed by atoms with Gasteiger partial charge in [0.1, 0.15) is 5.75 Å². The number of carbonyl (C=O) groups excluding carboxylic acids is 1. The molecule has 29 heavy (non-hydrogen) atoms. The van der Waals surface area contributed by atoms with E-state index in [4.69, 9.17) is 4.74 Å². The van der Waals surface area contributed by atoms with E-state index in [9.17, 15) is 13.2 Å². The van der Waals surface area contributed by atoms with Gasteiger partial charge >= 0.3 is 0 Å². The highest BCUT2D eigenvalue weighted by Crippen LogP contribution is 2.27. The number of sulfonamides is 1. The fourth-order valence-electron chi connectivity index (χ4n) is 3.52. The monoisotopic (exact) mass is 416 g/mol. The summed E-state index contributed by atoms with van der Waals surface area (Å²) in [5.74, 6) is 0.868. The highest BCUT2D eigenvalue weighted by Gasteiger charge is 2.23. The van der Waals surface area contributed by atoms with Gasteiger partial charge in [-0.1, -0.05) is 24.6 Å². The molecule has 7 heteroatoms. The van der Waals surface area contributed by atoms with Crippen molar-refractivity contribution in [3.05, 3.63) is 53.6 Å². The highest BCUT2D eigenvalue weighted by molar-refractivity contribution is 7.92. The van der Waals surface area contributed by atoms with Crippen LogP contribution in [0.1, 0.15) is 48.5 Å². The largest absolute Gasteiger partial charge is 0.497 e. The van der Waals surface area contributed by atoms with Crippen LogP contribution in [0.3, 0.4) is 0 Å². The first kappa shape index (κ1) is 21.2. The molecule has 0 aliphatic heterocycles. The summed E-state index contributed by atoms with van der Waals surface area (Å²) in [5.41, 5.74) is 1.45. The second kappa shape index (κ2) is 8.86. The highest BCUT2D eigenvalue weighted by atomic mass is 32.2. The molecule has 0 radical (unpaired) electrons. The molecule has 1 saturated carbocycles. The molecule has 156 valence electrons. The van der Waals surface area contributed by atoms with Gasteiger partial charge < -0.3 is 10.1 Å². The molecule has 2 aromatic carbocycles. The molecule has 2 aromatic rings. The molecule has 1 amide bonds. The molecule has 1 aliphatic rings. The van der Waals surface area contributed by atoms with E-state index in [-0.39, 0.29) is 28.1 Å². The summed E-state index contributed by atoms with van der Waals surface area (Å²) in [6.07, 6.45) is 4.02. The van der Waals surface area contributed by atoms with Crippen LogP contribution in [0.4, 0.5) is 5.69 Å². The molecule has 0 unspecified atom stereocenters. The van der Waals surface area contributed by atoms with Crippen LogP contribution in [0, 0.1) is 12.8 Å². The second-order valence-corrected chi connectivity index (χ2v) is 9.44. The van der Waals surface area contributed by atoms with Gasteiger partial charge in [-0.15, -0.1) is 0 Å². The molecular formula is C22H28N2O4S. The number of rotatable bonds is 6. The fourth-order valence-corrected chi connectivity index (χ4v) is 4.60. The molecule has 2 N–H and O–H groups in total. The number of hydrogen-bond donors (Lipinski definition) is 2. The summed E-state index contributed by atoms with van der Waals surface area (Å²) in [6.45, 7) is 4.11. The Balaban J connectivity index is 1.85. The molecule has 0 heterocycles. The van der Waals surface area contributed by atoms with Gasteiger partial charge in [-0.25, -0.2) is 8.42 Å². The molecule has 3 rings (SSSR count). The van der Waals surface area contributed by atoms with Gasteiger partial charge in [0.25, 0.3) is 15.9 Å². The van der Waals surface area contributed by atoms with Crippen molar-refractivity contribution >= 4 is 21.6 Å². The number of anilines is 1. The van der Waals surface area contributed by atoms with Crippen LogP contribution >= 0.6 is 0 Å². The molecule has 1 aliphatic carbocycles. The van der Waals surface area contributed by atoms with Gasteiger partial charge in [-0.3, -0.25) is 9.52 Å². The molecule has 0 atom stereocenters. The van der Waals surface area contributed by atoms with Gasteiger partial charge in [-0.2, -0.15) is 0 Å². The first-order valence-electron chi connectivity index (χ1n) is 9.87. The maximum absolute atomic E-state index is 12.9. The zero-order chi connectivity index (χ0) is 21.0. The summed E-state index contributed by atoms with van der Waals surface area (Å²) in [7, 11) is -2.31. The van der Waals surface area contributed by atoms with Crippen molar-refractivity contribution in [2.45, 2.75) is 50.5 Å². The van der Waals surface area contributed by atoms with E-state index in [0.717, 1.165) is 31.2 Å². The Morgan fingerprint density at radius 3 is 2.31 bits per heavy atom. The zero-order valence-corrected chi connectivity index (χ0v) is 17.9. The predicted molar refractivity (Wildman–Crippen MR) is 114 cm³/mol. The average molecular weight is 417 g/mol. The minimum atomic E-state index is -3.82. The lowest BCUT2D eigenvalue weighted by Crippen LogP contribution is -2.37. The van der Waals surface area contributed by atoms with Gasteiger partial charge in [-0.05, 0) is 68.9 Å². The van der Waals surface area contributed by atoms with Crippen LogP contribution < -0.4 is 14.8 Å². The molecule has 0 spiro atoms. The summed E-state index contributed by atoms with van der Waals surface area (Å²) in [6, 6.07) is 11.4. The SMILES string of the molecule is COc1ccc(NS(=O)(=O)c2ccc(C)cc2)c(C(=O)NC2CCC(C)CC2)c1. The quantitative estimate of drug-likeness (QED) is 0.742. The number of nitrogens with one attached hydrogen (secondary N) is 2. The Kier molecular flexibility index (Phi) is 6.47. The number of aryl methyl sites for hydroxylation is 1. The van der Waals surface area contributed by atoms with Crippen molar-refractivity contribution in [2.75, 3.05) is 11.8 Å². The van der Waals surface area contributed by atoms with E-state index >= 15 is 0 Å². The molecule has 6 nitrogen and oxygen atoms in total. The maximum Gasteiger partial charge on any atom is 0.261 e. The van der Waals surface area contributed by atoms with E-state index in [1.807, 2.05) is 6.92 Å². The number of carbonyl (C=O) groups is 1. The Labute approximate surface area is 172 Å². The van der Waals surface area contributed by atoms with Crippen molar-refractivity contribution in [1.29, 1.82) is 0 Å². The topological polar surface area (TPSA) is 84.5 Å².